The van der Waals surface area contributed by atoms with Gasteiger partial charge in [0.2, 0.25) is 0 Å². The highest BCUT2D eigenvalue weighted by Gasteiger charge is 2.26. The van der Waals surface area contributed by atoms with Gasteiger partial charge in [-0.2, -0.15) is 0 Å². The fourth-order valence-corrected chi connectivity index (χ4v) is 9.92. The fraction of sp³-hybridized carbons (Fsp3) is 0. The van der Waals surface area contributed by atoms with E-state index in [1.807, 2.05) is 24.3 Å². The second kappa shape index (κ2) is 13.2. The van der Waals surface area contributed by atoms with Crippen LogP contribution in [0.15, 0.2) is 182 Å². The average Bonchev–Trinajstić information content (AvgIpc) is 3.79. The molecule has 2 aliphatic carbocycles. The van der Waals surface area contributed by atoms with Gasteiger partial charge in [-0.1, -0.05) is 157 Å². The number of hydrogen-bond acceptors (Lipinski definition) is 0. The second-order valence-corrected chi connectivity index (χ2v) is 15.9. The van der Waals surface area contributed by atoms with Crippen LogP contribution in [0, 0.1) is 24.7 Å². The van der Waals surface area contributed by atoms with Crippen LogP contribution >= 0.6 is 0 Å². The van der Waals surface area contributed by atoms with E-state index >= 15 is 0 Å². The lowest BCUT2D eigenvalue weighted by Gasteiger charge is -2.17. The molecule has 60 heavy (non-hydrogen) atoms. The van der Waals surface area contributed by atoms with Crippen molar-refractivity contribution in [2.75, 3.05) is 0 Å². The molecule has 0 N–H and O–H groups in total. The molecule has 0 unspecified atom stereocenters. The summed E-state index contributed by atoms with van der Waals surface area (Å²) in [5, 5.41) is 7.62. The lowest BCUT2D eigenvalue weighted by Crippen LogP contribution is -1.91. The Morgan fingerprint density at radius 1 is 0.317 bits per heavy atom. The molecule has 0 amide bonds. The van der Waals surface area contributed by atoms with Gasteiger partial charge in [0.1, 0.15) is 0 Å². The molecule has 0 aliphatic heterocycles. The van der Waals surface area contributed by atoms with Gasteiger partial charge in [0.15, 0.2) is 0 Å². The van der Waals surface area contributed by atoms with E-state index in [0.29, 0.717) is 0 Å². The Labute approximate surface area is 349 Å². The lowest BCUT2D eigenvalue weighted by molar-refractivity contribution is 1.60. The second-order valence-electron chi connectivity index (χ2n) is 15.9. The maximum Gasteiger partial charge on any atom is 0.0248 e. The zero-order chi connectivity index (χ0) is 39.9. The minimum atomic E-state index is 0.882. The third kappa shape index (κ3) is 5.16. The molecule has 0 nitrogen and oxygen atoms in total. The molecule has 274 valence electrons. The van der Waals surface area contributed by atoms with Gasteiger partial charge in [-0.3, -0.25) is 0 Å². The van der Waals surface area contributed by atoms with Crippen molar-refractivity contribution in [3.8, 4) is 69.2 Å². The molecule has 0 saturated carbocycles. The van der Waals surface area contributed by atoms with Crippen molar-refractivity contribution < 1.29 is 0 Å². The van der Waals surface area contributed by atoms with Gasteiger partial charge in [0.25, 0.3) is 0 Å². The molecule has 0 heterocycles. The van der Waals surface area contributed by atoms with Crippen molar-refractivity contribution in [3.05, 3.63) is 226 Å². The highest BCUT2D eigenvalue weighted by Crippen LogP contribution is 2.50. The van der Waals surface area contributed by atoms with Gasteiger partial charge in [0, 0.05) is 11.1 Å². The number of fused-ring (bicyclic) bond motifs is 6. The zero-order valence-electron chi connectivity index (χ0n) is 32.6. The van der Waals surface area contributed by atoms with E-state index in [1.54, 1.807) is 0 Å². The first-order valence-electron chi connectivity index (χ1n) is 20.4. The fourth-order valence-electron chi connectivity index (χ4n) is 9.92. The summed E-state index contributed by atoms with van der Waals surface area (Å²) in [6, 6.07) is 66.3. The van der Waals surface area contributed by atoms with Crippen molar-refractivity contribution in [2.24, 2.45) is 0 Å². The molecule has 12 rings (SSSR count). The van der Waals surface area contributed by atoms with Crippen molar-refractivity contribution in [1.29, 1.82) is 0 Å². The maximum atomic E-state index is 5.80. The van der Waals surface area contributed by atoms with Crippen LogP contribution in [0.3, 0.4) is 0 Å². The minimum absolute atomic E-state index is 0.882. The highest BCUT2D eigenvalue weighted by molar-refractivity contribution is 6.28. The van der Waals surface area contributed by atoms with Crippen molar-refractivity contribution in [3.63, 3.8) is 0 Å². The molecule has 0 radical (unpaired) electrons. The summed E-state index contributed by atoms with van der Waals surface area (Å²) < 4.78 is 0. The monoisotopic (exact) mass is 754 g/mol. The van der Waals surface area contributed by atoms with E-state index in [1.165, 1.54) is 110 Å². The SMILES string of the molecule is C#Cc1cccc(/C=C2\c3ccccc3-c3ccc(-c4ccc5ccc6c(-c7ccc8c(c7)/C(=C/c7cccc(C#C)c7)c7ccccc7-8)ccc7ccc4c5c76)cc32)c1. The van der Waals surface area contributed by atoms with E-state index in [2.05, 4.69) is 182 Å². The minimum Gasteiger partial charge on any atom is -0.115 e. The Balaban J connectivity index is 1.01. The molecule has 0 saturated heterocycles. The molecular weight excluding hydrogens is 721 g/mol. The summed E-state index contributed by atoms with van der Waals surface area (Å²) in [7, 11) is 0. The average molecular weight is 755 g/mol. The first kappa shape index (κ1) is 33.9. The van der Waals surface area contributed by atoms with Crippen LogP contribution in [0.5, 0.6) is 0 Å². The van der Waals surface area contributed by atoms with Gasteiger partial charge >= 0.3 is 0 Å². The van der Waals surface area contributed by atoms with Gasteiger partial charge < -0.3 is 0 Å². The van der Waals surface area contributed by atoms with Crippen LogP contribution in [0.2, 0.25) is 0 Å². The molecule has 0 fully saturated rings. The van der Waals surface area contributed by atoms with E-state index in [0.717, 1.165) is 22.3 Å². The Morgan fingerprint density at radius 2 is 0.717 bits per heavy atom. The van der Waals surface area contributed by atoms with Gasteiger partial charge in [-0.15, -0.1) is 12.8 Å². The normalized spacial score (nSPS) is 13.7. The van der Waals surface area contributed by atoms with Gasteiger partial charge in [0.05, 0.1) is 0 Å². The molecule has 2 aliphatic rings. The molecule has 10 aromatic rings. The van der Waals surface area contributed by atoms with Crippen LogP contribution in [-0.4, -0.2) is 0 Å². The summed E-state index contributed by atoms with van der Waals surface area (Å²) in [6.45, 7) is 0. The van der Waals surface area contributed by atoms with Gasteiger partial charge in [-0.05, 0) is 170 Å². The van der Waals surface area contributed by atoms with Crippen LogP contribution in [-0.2, 0) is 0 Å². The molecule has 0 bridgehead atoms. The summed E-state index contributed by atoms with van der Waals surface area (Å²) in [6.07, 6.45) is 16.2. The third-order valence-corrected chi connectivity index (χ3v) is 12.6. The van der Waals surface area contributed by atoms with Crippen molar-refractivity contribution >= 4 is 55.6 Å². The molecule has 0 atom stereocenters. The number of terminal acetylenes is 2. The van der Waals surface area contributed by atoms with Crippen molar-refractivity contribution in [2.45, 2.75) is 0 Å². The van der Waals surface area contributed by atoms with Crippen LogP contribution < -0.4 is 0 Å². The standard InChI is InChI=1S/C60H34/c1-3-37-11-9-13-39(31-37)33-55-49-17-7-5-15-47(49)51-27-23-43(35-57(51)55)45-25-19-41-22-30-54-46(26-20-42-21-29-53(45)59(41)60(42)54)44-24-28-52-48-16-6-8-18-50(48)56(58(52)36-44)34-40-14-10-12-38(4-2)32-40/h1-2,5-36H/b55-33+,56-34+. The summed E-state index contributed by atoms with van der Waals surface area (Å²) >= 11 is 0. The van der Waals surface area contributed by atoms with Gasteiger partial charge in [-0.25, -0.2) is 0 Å². The van der Waals surface area contributed by atoms with Crippen molar-refractivity contribution in [1.82, 2.24) is 0 Å². The number of rotatable bonds is 4. The molecule has 10 aromatic carbocycles. The molecule has 0 aromatic heterocycles. The molecular formula is C60H34. The lowest BCUT2D eigenvalue weighted by atomic mass is 9.86. The van der Waals surface area contributed by atoms with E-state index in [9.17, 15) is 0 Å². The summed E-state index contributed by atoms with van der Waals surface area (Å²) in [4.78, 5) is 0. The Morgan fingerprint density at radius 3 is 1.17 bits per heavy atom. The summed E-state index contributed by atoms with van der Waals surface area (Å²) in [5.74, 6) is 5.60. The predicted octanol–water partition coefficient (Wildman–Crippen LogP) is 15.0. The summed E-state index contributed by atoms with van der Waals surface area (Å²) in [5.41, 5.74) is 21.3. The zero-order valence-corrected chi connectivity index (χ0v) is 32.6. The predicted molar refractivity (Wildman–Crippen MR) is 255 cm³/mol. The van der Waals surface area contributed by atoms with Crippen LogP contribution in [0.1, 0.15) is 44.5 Å². The largest absolute Gasteiger partial charge is 0.115 e. The quantitative estimate of drug-likeness (QED) is 0.124. The van der Waals surface area contributed by atoms with E-state index in [4.69, 9.17) is 12.8 Å². The smallest absolute Gasteiger partial charge is 0.0248 e. The number of hydrogen-bond donors (Lipinski definition) is 0. The molecule has 0 spiro atoms. The third-order valence-electron chi connectivity index (χ3n) is 12.6. The van der Waals surface area contributed by atoms with Crippen LogP contribution in [0.25, 0.3) is 100 Å². The Bertz CT molecular complexity index is 3370. The highest BCUT2D eigenvalue weighted by atomic mass is 14.3. The number of benzene rings is 10. The van der Waals surface area contributed by atoms with Crippen LogP contribution in [0.4, 0.5) is 0 Å². The van der Waals surface area contributed by atoms with E-state index < -0.39 is 0 Å². The first-order valence-corrected chi connectivity index (χ1v) is 20.4. The molecule has 0 heteroatoms. The topological polar surface area (TPSA) is 0 Å². The van der Waals surface area contributed by atoms with E-state index in [-0.39, 0.29) is 0 Å². The maximum absolute atomic E-state index is 5.80. The Kier molecular flexibility index (Phi) is 7.46. The first-order chi connectivity index (χ1) is 29.6. The Hall–Kier alpha value is -8.16.